The molecule has 0 atom stereocenters. The topological polar surface area (TPSA) is 38.9 Å². The molecule has 0 aliphatic carbocycles. The fourth-order valence-corrected chi connectivity index (χ4v) is 9.54. The summed E-state index contributed by atoms with van der Waals surface area (Å²) in [5.41, 5.74) is 15.3. The van der Waals surface area contributed by atoms with Crippen molar-refractivity contribution in [1.82, 2.24) is 19.1 Å². The number of aromatic nitrogens is 4. The van der Waals surface area contributed by atoms with Crippen LogP contribution in [0.3, 0.4) is 0 Å². The fourth-order valence-electron chi connectivity index (χ4n) is 9.54. The first-order valence-corrected chi connectivity index (χ1v) is 20.1. The molecule has 1 aliphatic heterocycles. The van der Waals surface area contributed by atoms with Gasteiger partial charge in [0.1, 0.15) is 5.69 Å². The van der Waals surface area contributed by atoms with Crippen molar-refractivity contribution >= 4 is 82.5 Å². The second kappa shape index (κ2) is 12.2. The van der Waals surface area contributed by atoms with Crippen molar-refractivity contribution in [1.29, 1.82) is 0 Å². The molecule has 4 heterocycles. The van der Waals surface area contributed by atoms with Gasteiger partial charge in [0.05, 0.1) is 50.2 Å². The van der Waals surface area contributed by atoms with E-state index in [9.17, 15) is 0 Å². The van der Waals surface area contributed by atoms with Crippen LogP contribution in [-0.2, 0) is 0 Å². The van der Waals surface area contributed by atoms with Crippen molar-refractivity contribution < 1.29 is 0 Å². The van der Waals surface area contributed by atoms with Gasteiger partial charge >= 0.3 is 0 Å². The van der Waals surface area contributed by atoms with Gasteiger partial charge in [0.25, 0.3) is 0 Å². The smallest absolute Gasteiger partial charge is 0.165 e. The molecule has 13 rings (SSSR count). The zero-order valence-corrected chi connectivity index (χ0v) is 31.8. The molecule has 0 unspecified atom stereocenters. The van der Waals surface area contributed by atoms with Gasteiger partial charge in [-0.3, -0.25) is 4.57 Å². The molecule has 0 radical (unpaired) electrons. The summed E-state index contributed by atoms with van der Waals surface area (Å²) in [6, 6.07) is 71.9. The number of anilines is 3. The summed E-state index contributed by atoms with van der Waals surface area (Å²) in [5, 5.41) is 7.27. The number of rotatable bonds is 4. The van der Waals surface area contributed by atoms with Crippen molar-refractivity contribution in [3.8, 4) is 33.9 Å². The van der Waals surface area contributed by atoms with Crippen molar-refractivity contribution in [2.75, 3.05) is 4.90 Å². The van der Waals surface area contributed by atoms with E-state index in [1.54, 1.807) is 0 Å². The third-order valence-corrected chi connectivity index (χ3v) is 12.2. The Morgan fingerprint density at radius 1 is 0.339 bits per heavy atom. The monoisotopic (exact) mass is 751 g/mol. The van der Waals surface area contributed by atoms with E-state index < -0.39 is 0 Å². The number of hydrogen-bond acceptors (Lipinski definition) is 3. The third kappa shape index (κ3) is 4.67. The van der Waals surface area contributed by atoms with Crippen LogP contribution in [0.25, 0.3) is 99.3 Å². The molecule has 0 fully saturated rings. The van der Waals surface area contributed by atoms with E-state index in [0.717, 1.165) is 56.0 Å². The summed E-state index contributed by atoms with van der Waals surface area (Å²) >= 11 is 0. The average Bonchev–Trinajstić information content (AvgIpc) is 3.81. The fraction of sp³-hybridized carbons (Fsp3) is 0. The quantitative estimate of drug-likeness (QED) is 0.180. The summed E-state index contributed by atoms with van der Waals surface area (Å²) in [5.74, 6) is 0.819. The Morgan fingerprint density at radius 2 is 0.983 bits per heavy atom. The second-order valence-corrected chi connectivity index (χ2v) is 15.4. The summed E-state index contributed by atoms with van der Waals surface area (Å²) in [4.78, 5) is 13.0. The molecule has 0 saturated heterocycles. The molecule has 0 amide bonds. The Bertz CT molecular complexity index is 3670. The molecule has 5 heteroatoms. The van der Waals surface area contributed by atoms with E-state index in [4.69, 9.17) is 9.97 Å². The van der Waals surface area contributed by atoms with Crippen LogP contribution in [0.15, 0.2) is 200 Å². The Kier molecular flexibility index (Phi) is 6.66. The van der Waals surface area contributed by atoms with Crippen LogP contribution in [0.5, 0.6) is 0 Å². The molecule has 0 saturated carbocycles. The maximum absolute atomic E-state index is 5.34. The Hall–Kier alpha value is -8.02. The van der Waals surface area contributed by atoms with Crippen LogP contribution in [0, 0.1) is 0 Å². The van der Waals surface area contributed by atoms with Gasteiger partial charge in [-0.15, -0.1) is 0 Å². The number of para-hydroxylation sites is 7. The minimum Gasteiger partial charge on any atom is -0.306 e. The van der Waals surface area contributed by atoms with E-state index >= 15 is 0 Å². The number of hydrogen-bond donors (Lipinski definition) is 0. The predicted octanol–water partition coefficient (Wildman–Crippen LogP) is 14.1. The van der Waals surface area contributed by atoms with Gasteiger partial charge < -0.3 is 9.47 Å². The first kappa shape index (κ1) is 32.1. The van der Waals surface area contributed by atoms with Gasteiger partial charge in [-0.2, -0.15) is 0 Å². The highest BCUT2D eigenvalue weighted by molar-refractivity contribution is 6.19. The molecule has 3 aromatic heterocycles. The van der Waals surface area contributed by atoms with Gasteiger partial charge in [-0.05, 0) is 94.7 Å². The van der Waals surface area contributed by atoms with E-state index in [0.29, 0.717) is 0 Å². The first-order valence-electron chi connectivity index (χ1n) is 20.1. The Balaban J connectivity index is 1.02. The lowest BCUT2D eigenvalue weighted by Crippen LogP contribution is -2.17. The number of nitrogens with zero attached hydrogens (tertiary/aromatic N) is 5. The maximum atomic E-state index is 5.34. The summed E-state index contributed by atoms with van der Waals surface area (Å²) in [6.45, 7) is 0. The summed E-state index contributed by atoms with van der Waals surface area (Å²) < 4.78 is 4.78. The van der Waals surface area contributed by atoms with E-state index in [1.165, 1.54) is 60.4 Å². The van der Waals surface area contributed by atoms with E-state index in [2.05, 4.69) is 184 Å². The summed E-state index contributed by atoms with van der Waals surface area (Å²) in [7, 11) is 0. The van der Waals surface area contributed by atoms with Crippen LogP contribution in [0.4, 0.5) is 17.1 Å². The van der Waals surface area contributed by atoms with E-state index in [1.807, 2.05) is 30.3 Å². The van der Waals surface area contributed by atoms with Gasteiger partial charge in [-0.25, -0.2) is 9.97 Å². The molecular weight excluding hydrogens is 719 g/mol. The van der Waals surface area contributed by atoms with Gasteiger partial charge in [0, 0.05) is 32.8 Å². The predicted molar refractivity (Wildman–Crippen MR) is 245 cm³/mol. The van der Waals surface area contributed by atoms with Crippen LogP contribution < -0.4 is 4.90 Å². The molecule has 59 heavy (non-hydrogen) atoms. The first-order chi connectivity index (χ1) is 29.3. The zero-order chi connectivity index (χ0) is 38.6. The molecule has 1 aliphatic rings. The molecule has 0 bridgehead atoms. The van der Waals surface area contributed by atoms with Gasteiger partial charge in [0.15, 0.2) is 5.82 Å². The Labute approximate surface area is 339 Å². The minimum atomic E-state index is 0.819. The molecule has 12 aromatic rings. The SMILES string of the molecule is c1ccc(-c2nc3ccccc3nc2-n2c3ccccc3c3ccc(-c4ccc5cc6c(cc5c4)c4cccc5c4n6-c4ccccc4N5c4ccccc4)cc32)cc1. The number of benzene rings is 9. The highest BCUT2D eigenvalue weighted by Crippen LogP contribution is 2.50. The maximum Gasteiger partial charge on any atom is 0.165 e. The van der Waals surface area contributed by atoms with Crippen molar-refractivity contribution in [3.63, 3.8) is 0 Å². The van der Waals surface area contributed by atoms with Crippen molar-refractivity contribution in [3.05, 3.63) is 200 Å². The van der Waals surface area contributed by atoms with Crippen LogP contribution in [0.2, 0.25) is 0 Å². The number of fused-ring (bicyclic) bond motifs is 10. The Morgan fingerprint density at radius 3 is 1.85 bits per heavy atom. The zero-order valence-electron chi connectivity index (χ0n) is 31.8. The van der Waals surface area contributed by atoms with Gasteiger partial charge in [-0.1, -0.05) is 127 Å². The molecule has 5 nitrogen and oxygen atoms in total. The largest absolute Gasteiger partial charge is 0.306 e. The molecule has 9 aromatic carbocycles. The lowest BCUT2D eigenvalue weighted by atomic mass is 9.98. The van der Waals surface area contributed by atoms with Crippen LogP contribution in [0.1, 0.15) is 0 Å². The van der Waals surface area contributed by atoms with Crippen molar-refractivity contribution in [2.45, 2.75) is 0 Å². The summed E-state index contributed by atoms with van der Waals surface area (Å²) in [6.07, 6.45) is 0. The molecule has 0 N–H and O–H groups in total. The molecule has 0 spiro atoms. The third-order valence-electron chi connectivity index (χ3n) is 12.2. The molecule has 274 valence electrons. The second-order valence-electron chi connectivity index (χ2n) is 15.4. The van der Waals surface area contributed by atoms with Crippen LogP contribution in [-0.4, -0.2) is 19.1 Å². The lowest BCUT2D eigenvalue weighted by Gasteiger charge is -2.33. The molecular formula is C54H33N5. The van der Waals surface area contributed by atoms with Gasteiger partial charge in [0.2, 0.25) is 0 Å². The highest BCUT2D eigenvalue weighted by Gasteiger charge is 2.28. The standard InChI is InChI=1S/C54H33N5/c1-3-14-34(15-4-1)52-54(56-45-21-9-8-20-44(45)55-52)59-46-22-10-7-18-40(46)41-29-28-36(32-50(41)59)35-26-27-37-33-51-43(31-38(37)30-35)42-19-13-25-49-53(42)58(51)48-24-12-11-23-47(48)57(49)39-16-5-2-6-17-39/h1-33H. The minimum absolute atomic E-state index is 0.819. The average molecular weight is 752 g/mol. The van der Waals surface area contributed by atoms with Crippen LogP contribution >= 0.6 is 0 Å². The normalized spacial score (nSPS) is 12.4. The lowest BCUT2D eigenvalue weighted by molar-refractivity contribution is 1.08. The van der Waals surface area contributed by atoms with E-state index in [-0.39, 0.29) is 0 Å². The van der Waals surface area contributed by atoms with Crippen molar-refractivity contribution in [2.24, 2.45) is 0 Å². The highest BCUT2D eigenvalue weighted by atomic mass is 15.2.